The number of hydrogen-bond acceptors (Lipinski definition) is 4. The number of ether oxygens (including phenoxy) is 1. The molecule has 1 saturated heterocycles. The zero-order valence-corrected chi connectivity index (χ0v) is 14.1. The molecule has 0 atom stereocenters. The van der Waals surface area contributed by atoms with Crippen LogP contribution in [0.4, 0.5) is 5.69 Å². The van der Waals surface area contributed by atoms with Crippen molar-refractivity contribution in [3.63, 3.8) is 0 Å². The van der Waals surface area contributed by atoms with Crippen molar-refractivity contribution in [3.05, 3.63) is 58.6 Å². The third-order valence-electron chi connectivity index (χ3n) is 3.57. The molecule has 2 N–H and O–H groups in total. The van der Waals surface area contributed by atoms with Crippen LogP contribution in [0.2, 0.25) is 5.02 Å². The fourth-order valence-corrected chi connectivity index (χ4v) is 2.52. The predicted molar refractivity (Wildman–Crippen MR) is 94.3 cm³/mol. The van der Waals surface area contributed by atoms with E-state index in [1.165, 1.54) is 12.1 Å². The van der Waals surface area contributed by atoms with Gasteiger partial charge in [-0.25, -0.2) is 5.01 Å². The molecule has 0 unspecified atom stereocenters. The first-order valence-electron chi connectivity index (χ1n) is 7.58. The van der Waals surface area contributed by atoms with Crippen LogP contribution >= 0.6 is 11.6 Å². The number of halogens is 1. The van der Waals surface area contributed by atoms with Gasteiger partial charge in [0, 0.05) is 5.02 Å². The summed E-state index contributed by atoms with van der Waals surface area (Å²) in [6.07, 6.45) is 1.42. The molecule has 25 heavy (non-hydrogen) atoms. The zero-order valence-electron chi connectivity index (χ0n) is 13.3. The third kappa shape index (κ3) is 3.44. The molecule has 2 aromatic carbocycles. The van der Waals surface area contributed by atoms with Gasteiger partial charge in [-0.15, -0.1) is 0 Å². The average molecular weight is 359 g/mol. The maximum absolute atomic E-state index is 12.5. The number of anilines is 1. The minimum Gasteiger partial charge on any atom is -0.504 e. The summed E-state index contributed by atoms with van der Waals surface area (Å²) in [6, 6.07) is 11.2. The first kappa shape index (κ1) is 16.9. The molecule has 1 fully saturated rings. The molecule has 0 bridgehead atoms. The molecule has 0 aliphatic carbocycles. The van der Waals surface area contributed by atoms with Crippen LogP contribution in [-0.4, -0.2) is 23.5 Å². The number of amides is 2. The van der Waals surface area contributed by atoms with Crippen molar-refractivity contribution in [2.45, 2.75) is 6.92 Å². The smallest absolute Gasteiger partial charge is 0.282 e. The number of phenolic OH excluding ortho intramolecular Hbond substituents is 1. The summed E-state index contributed by atoms with van der Waals surface area (Å²) >= 11 is 5.83. The van der Waals surface area contributed by atoms with E-state index in [4.69, 9.17) is 16.3 Å². The maximum atomic E-state index is 12.5. The second kappa shape index (κ2) is 6.86. The quantitative estimate of drug-likeness (QED) is 0.650. The van der Waals surface area contributed by atoms with Crippen molar-refractivity contribution in [2.75, 3.05) is 11.6 Å². The average Bonchev–Trinajstić information content (AvgIpc) is 2.86. The lowest BCUT2D eigenvalue weighted by Crippen LogP contribution is -2.35. The molecule has 0 spiro atoms. The summed E-state index contributed by atoms with van der Waals surface area (Å²) in [4.78, 5) is 24.7. The number of carbonyl (C=O) groups is 2. The molecular formula is C18H15ClN2O4. The van der Waals surface area contributed by atoms with Crippen LogP contribution in [0.15, 0.2) is 48.0 Å². The van der Waals surface area contributed by atoms with Crippen molar-refractivity contribution in [3.8, 4) is 11.5 Å². The highest BCUT2D eigenvalue weighted by atomic mass is 35.5. The van der Waals surface area contributed by atoms with Crippen LogP contribution < -0.4 is 15.2 Å². The summed E-state index contributed by atoms with van der Waals surface area (Å²) in [5.74, 6) is -0.722. The fraction of sp³-hybridized carbons (Fsp3) is 0.111. The minimum atomic E-state index is -0.520. The van der Waals surface area contributed by atoms with Gasteiger partial charge in [0.05, 0.1) is 12.3 Å². The molecule has 1 aliphatic rings. The fourth-order valence-electron chi connectivity index (χ4n) is 2.40. The van der Waals surface area contributed by atoms with Crippen molar-refractivity contribution in [1.82, 2.24) is 5.43 Å². The Hall–Kier alpha value is -2.99. The summed E-state index contributed by atoms with van der Waals surface area (Å²) in [5, 5.41) is 11.6. The van der Waals surface area contributed by atoms with E-state index < -0.39 is 11.8 Å². The Bertz CT molecular complexity index is 862. The molecule has 0 saturated carbocycles. The van der Waals surface area contributed by atoms with Crippen molar-refractivity contribution >= 4 is 35.2 Å². The van der Waals surface area contributed by atoms with Gasteiger partial charge in [0.15, 0.2) is 11.5 Å². The van der Waals surface area contributed by atoms with E-state index in [0.717, 1.165) is 5.01 Å². The van der Waals surface area contributed by atoms with E-state index in [2.05, 4.69) is 5.43 Å². The SMILES string of the molecule is CCOc1ccc(/C=C2/C(=O)NN(c3ccc(Cl)cc3)C2=O)cc1O. The van der Waals surface area contributed by atoms with Gasteiger partial charge in [-0.3, -0.25) is 15.0 Å². The molecule has 7 heteroatoms. The predicted octanol–water partition coefficient (Wildman–Crippen LogP) is 2.91. The van der Waals surface area contributed by atoms with Gasteiger partial charge in [-0.2, -0.15) is 0 Å². The number of nitrogens with zero attached hydrogens (tertiary/aromatic N) is 1. The van der Waals surface area contributed by atoms with E-state index in [1.807, 2.05) is 6.92 Å². The number of hydrogen-bond donors (Lipinski definition) is 2. The number of nitrogens with one attached hydrogen (secondary N) is 1. The summed E-state index contributed by atoms with van der Waals surface area (Å²) in [6.45, 7) is 2.23. The van der Waals surface area contributed by atoms with Gasteiger partial charge in [0.1, 0.15) is 5.57 Å². The second-order valence-electron chi connectivity index (χ2n) is 5.28. The van der Waals surface area contributed by atoms with Crippen LogP contribution in [0, 0.1) is 0 Å². The lowest BCUT2D eigenvalue weighted by Gasteiger charge is -2.14. The Labute approximate surface area is 149 Å². The van der Waals surface area contributed by atoms with Gasteiger partial charge in [0.2, 0.25) is 0 Å². The number of hydrazine groups is 1. The van der Waals surface area contributed by atoms with Gasteiger partial charge in [-0.05, 0) is 55.0 Å². The minimum absolute atomic E-state index is 0.0292. The standard InChI is InChI=1S/C18H15ClN2O4/c1-2-25-16-8-3-11(10-15(16)22)9-14-17(23)20-21(18(14)24)13-6-4-12(19)5-7-13/h3-10,22H,2H2,1H3,(H,20,23)/b14-9-. The number of carbonyl (C=O) groups excluding carboxylic acids is 2. The maximum Gasteiger partial charge on any atom is 0.282 e. The molecule has 2 aromatic rings. The molecule has 0 aromatic heterocycles. The van der Waals surface area contributed by atoms with Crippen LogP contribution in [0.5, 0.6) is 11.5 Å². The molecule has 128 valence electrons. The summed E-state index contributed by atoms with van der Waals surface area (Å²) in [5.41, 5.74) is 3.49. The Morgan fingerprint density at radius 2 is 1.92 bits per heavy atom. The zero-order chi connectivity index (χ0) is 18.0. The van der Waals surface area contributed by atoms with E-state index in [9.17, 15) is 14.7 Å². The summed E-state index contributed by atoms with van der Waals surface area (Å²) in [7, 11) is 0. The van der Waals surface area contributed by atoms with Gasteiger partial charge < -0.3 is 9.84 Å². The van der Waals surface area contributed by atoms with E-state index in [0.29, 0.717) is 28.6 Å². The monoisotopic (exact) mass is 358 g/mol. The Morgan fingerprint density at radius 3 is 2.56 bits per heavy atom. The van der Waals surface area contributed by atoms with E-state index in [-0.39, 0.29) is 11.3 Å². The molecule has 0 radical (unpaired) electrons. The van der Waals surface area contributed by atoms with Crippen molar-refractivity contribution in [2.24, 2.45) is 0 Å². The number of phenols is 1. The largest absolute Gasteiger partial charge is 0.504 e. The molecule has 6 nitrogen and oxygen atoms in total. The Balaban J connectivity index is 1.88. The first-order chi connectivity index (χ1) is 12.0. The van der Waals surface area contributed by atoms with Crippen molar-refractivity contribution in [1.29, 1.82) is 0 Å². The third-order valence-corrected chi connectivity index (χ3v) is 3.82. The highest BCUT2D eigenvalue weighted by molar-refractivity contribution is 6.32. The Morgan fingerprint density at radius 1 is 1.20 bits per heavy atom. The van der Waals surface area contributed by atoms with Gasteiger partial charge in [0.25, 0.3) is 11.8 Å². The summed E-state index contributed by atoms with van der Waals surface area (Å²) < 4.78 is 5.25. The Kier molecular flexibility index (Phi) is 4.63. The van der Waals surface area contributed by atoms with Crippen molar-refractivity contribution < 1.29 is 19.4 Å². The highest BCUT2D eigenvalue weighted by Crippen LogP contribution is 2.29. The number of rotatable bonds is 4. The molecule has 1 aliphatic heterocycles. The number of benzene rings is 2. The van der Waals surface area contributed by atoms with Crippen LogP contribution in [0.1, 0.15) is 12.5 Å². The van der Waals surface area contributed by atoms with Gasteiger partial charge >= 0.3 is 0 Å². The molecule has 2 amide bonds. The van der Waals surface area contributed by atoms with Gasteiger partial charge in [-0.1, -0.05) is 17.7 Å². The molecule has 3 rings (SSSR count). The van der Waals surface area contributed by atoms with Crippen LogP contribution in [-0.2, 0) is 9.59 Å². The molecular weight excluding hydrogens is 344 g/mol. The van der Waals surface area contributed by atoms with Crippen LogP contribution in [0.3, 0.4) is 0 Å². The lowest BCUT2D eigenvalue weighted by atomic mass is 10.1. The van der Waals surface area contributed by atoms with Crippen LogP contribution in [0.25, 0.3) is 6.08 Å². The van der Waals surface area contributed by atoms with E-state index >= 15 is 0 Å². The normalized spacial score (nSPS) is 15.6. The first-order valence-corrected chi connectivity index (χ1v) is 7.96. The number of aromatic hydroxyl groups is 1. The van der Waals surface area contributed by atoms with E-state index in [1.54, 1.807) is 36.4 Å². The molecule has 1 heterocycles. The topological polar surface area (TPSA) is 78.9 Å². The second-order valence-corrected chi connectivity index (χ2v) is 5.71. The highest BCUT2D eigenvalue weighted by Gasteiger charge is 2.34. The lowest BCUT2D eigenvalue weighted by molar-refractivity contribution is -0.117.